The van der Waals surface area contributed by atoms with E-state index in [-0.39, 0.29) is 0 Å². The third-order valence-electron chi connectivity index (χ3n) is 2.85. The minimum Gasteiger partial charge on any atom is -0.378 e. The first kappa shape index (κ1) is 13.9. The first-order valence-corrected chi connectivity index (χ1v) is 7.41. The first-order valence-electron chi connectivity index (χ1n) is 6.53. The van der Waals surface area contributed by atoms with Crippen molar-refractivity contribution in [3.63, 3.8) is 0 Å². The predicted molar refractivity (Wildman–Crippen MR) is 85.2 cm³/mol. The van der Waals surface area contributed by atoms with Crippen molar-refractivity contribution in [2.45, 2.75) is 13.8 Å². The molecule has 0 aliphatic carbocycles. The average molecular weight is 275 g/mol. The normalized spacial score (nSPS) is 10.8. The second-order valence-electron chi connectivity index (χ2n) is 5.25. The Bertz CT molecular complexity index is 514. The molecule has 0 saturated heterocycles. The maximum Gasteiger partial charge on any atom is 0.183 e. The number of benzene rings is 1. The molecule has 0 aliphatic heterocycles. The molecule has 0 spiro atoms. The van der Waals surface area contributed by atoms with Crippen LogP contribution in [0.2, 0.25) is 0 Å². The molecule has 0 unspecified atom stereocenters. The van der Waals surface area contributed by atoms with Crippen molar-refractivity contribution in [3.05, 3.63) is 29.6 Å². The van der Waals surface area contributed by atoms with E-state index in [1.54, 1.807) is 11.3 Å². The summed E-state index contributed by atoms with van der Waals surface area (Å²) in [6, 6.07) is 8.49. The summed E-state index contributed by atoms with van der Waals surface area (Å²) in [4.78, 5) is 6.72. The molecule has 0 amide bonds. The van der Waals surface area contributed by atoms with Gasteiger partial charge in [0.15, 0.2) is 5.13 Å². The maximum atomic E-state index is 4.62. The molecular weight excluding hydrogens is 254 g/mol. The zero-order valence-corrected chi connectivity index (χ0v) is 12.8. The highest BCUT2D eigenvalue weighted by atomic mass is 32.1. The zero-order valence-electron chi connectivity index (χ0n) is 12.0. The summed E-state index contributed by atoms with van der Waals surface area (Å²) in [5, 5.41) is 6.47. The lowest BCUT2D eigenvalue weighted by Gasteiger charge is -2.12. The first-order chi connectivity index (χ1) is 9.06. The van der Waals surface area contributed by atoms with Gasteiger partial charge in [-0.05, 0) is 18.1 Å². The molecule has 0 radical (unpaired) electrons. The minimum absolute atomic E-state index is 0.631. The van der Waals surface area contributed by atoms with Crippen molar-refractivity contribution in [3.8, 4) is 11.3 Å². The Hall–Kier alpha value is -1.55. The van der Waals surface area contributed by atoms with Gasteiger partial charge in [-0.25, -0.2) is 4.98 Å². The Morgan fingerprint density at radius 2 is 1.89 bits per heavy atom. The summed E-state index contributed by atoms with van der Waals surface area (Å²) >= 11 is 1.66. The van der Waals surface area contributed by atoms with Crippen LogP contribution in [0.1, 0.15) is 13.8 Å². The Morgan fingerprint density at radius 3 is 2.47 bits per heavy atom. The molecule has 2 rings (SSSR count). The predicted octanol–water partition coefficient (Wildman–Crippen LogP) is 3.94. The fourth-order valence-electron chi connectivity index (χ4n) is 1.71. The molecule has 1 aromatic heterocycles. The number of hydrogen-bond donors (Lipinski definition) is 1. The van der Waals surface area contributed by atoms with E-state index in [0.717, 1.165) is 17.4 Å². The van der Waals surface area contributed by atoms with E-state index in [4.69, 9.17) is 0 Å². The second-order valence-corrected chi connectivity index (χ2v) is 6.11. The highest BCUT2D eigenvalue weighted by molar-refractivity contribution is 7.14. The summed E-state index contributed by atoms with van der Waals surface area (Å²) in [7, 11) is 4.09. The molecule has 3 nitrogen and oxygen atoms in total. The van der Waals surface area contributed by atoms with E-state index >= 15 is 0 Å². The average Bonchev–Trinajstić information content (AvgIpc) is 2.85. The Kier molecular flexibility index (Phi) is 4.43. The van der Waals surface area contributed by atoms with E-state index in [1.807, 2.05) is 14.1 Å². The van der Waals surface area contributed by atoms with Crippen LogP contribution in [0.25, 0.3) is 11.3 Å². The van der Waals surface area contributed by atoms with E-state index < -0.39 is 0 Å². The van der Waals surface area contributed by atoms with Crippen molar-refractivity contribution in [2.75, 3.05) is 30.9 Å². The van der Waals surface area contributed by atoms with Gasteiger partial charge in [0.1, 0.15) is 0 Å². The summed E-state index contributed by atoms with van der Waals surface area (Å²) in [6.45, 7) is 5.36. The second kappa shape index (κ2) is 6.06. The third kappa shape index (κ3) is 3.70. The van der Waals surface area contributed by atoms with Crippen molar-refractivity contribution in [2.24, 2.45) is 5.92 Å². The molecule has 4 heteroatoms. The maximum absolute atomic E-state index is 4.62. The summed E-state index contributed by atoms with van der Waals surface area (Å²) in [5.41, 5.74) is 3.41. The molecule has 0 fully saturated rings. The van der Waals surface area contributed by atoms with Gasteiger partial charge < -0.3 is 10.2 Å². The third-order valence-corrected chi connectivity index (χ3v) is 3.65. The van der Waals surface area contributed by atoms with Crippen LogP contribution in [0, 0.1) is 5.92 Å². The minimum atomic E-state index is 0.631. The molecular formula is C15H21N3S. The topological polar surface area (TPSA) is 28.2 Å². The Labute approximate surface area is 119 Å². The van der Waals surface area contributed by atoms with Gasteiger partial charge in [-0.2, -0.15) is 0 Å². The SMILES string of the molecule is CC(C)CNc1nc(-c2ccc(N(C)C)cc2)cs1. The van der Waals surface area contributed by atoms with Crippen LogP contribution < -0.4 is 10.2 Å². The van der Waals surface area contributed by atoms with Crippen LogP contribution in [-0.2, 0) is 0 Å². The molecule has 102 valence electrons. The number of aromatic nitrogens is 1. The van der Waals surface area contributed by atoms with Crippen LogP contribution in [-0.4, -0.2) is 25.6 Å². The van der Waals surface area contributed by atoms with Gasteiger partial charge in [-0.3, -0.25) is 0 Å². The van der Waals surface area contributed by atoms with Crippen LogP contribution in [0.15, 0.2) is 29.6 Å². The van der Waals surface area contributed by atoms with Gasteiger partial charge in [-0.1, -0.05) is 26.0 Å². The van der Waals surface area contributed by atoms with Crippen molar-refractivity contribution in [1.82, 2.24) is 4.98 Å². The fraction of sp³-hybridized carbons (Fsp3) is 0.400. The van der Waals surface area contributed by atoms with Crippen LogP contribution in [0.4, 0.5) is 10.8 Å². The van der Waals surface area contributed by atoms with Gasteiger partial charge in [0.25, 0.3) is 0 Å². The summed E-state index contributed by atoms with van der Waals surface area (Å²) < 4.78 is 0. The van der Waals surface area contributed by atoms with E-state index in [9.17, 15) is 0 Å². The smallest absolute Gasteiger partial charge is 0.183 e. The highest BCUT2D eigenvalue weighted by Crippen LogP contribution is 2.26. The van der Waals surface area contributed by atoms with Crippen molar-refractivity contribution < 1.29 is 0 Å². The lowest BCUT2D eigenvalue weighted by atomic mass is 10.1. The van der Waals surface area contributed by atoms with Crippen LogP contribution in [0.3, 0.4) is 0 Å². The highest BCUT2D eigenvalue weighted by Gasteiger charge is 2.05. The summed E-state index contributed by atoms with van der Waals surface area (Å²) in [5.74, 6) is 0.631. The Balaban J connectivity index is 2.09. The van der Waals surface area contributed by atoms with Crippen molar-refractivity contribution in [1.29, 1.82) is 0 Å². The number of nitrogens with zero attached hydrogens (tertiary/aromatic N) is 2. The van der Waals surface area contributed by atoms with Gasteiger partial charge in [0.2, 0.25) is 0 Å². The molecule has 0 atom stereocenters. The lowest BCUT2D eigenvalue weighted by molar-refractivity contribution is 0.688. The van der Waals surface area contributed by atoms with E-state index in [0.29, 0.717) is 5.92 Å². The van der Waals surface area contributed by atoms with Gasteiger partial charge in [0.05, 0.1) is 5.69 Å². The quantitative estimate of drug-likeness (QED) is 0.895. The number of thiazole rings is 1. The summed E-state index contributed by atoms with van der Waals surface area (Å²) in [6.07, 6.45) is 0. The van der Waals surface area contributed by atoms with Gasteiger partial charge in [0, 0.05) is 37.3 Å². The number of nitrogens with one attached hydrogen (secondary N) is 1. The molecule has 0 saturated carbocycles. The molecule has 0 aliphatic rings. The van der Waals surface area contributed by atoms with Gasteiger partial charge >= 0.3 is 0 Å². The zero-order chi connectivity index (χ0) is 13.8. The molecule has 1 heterocycles. The number of anilines is 2. The Morgan fingerprint density at radius 1 is 1.21 bits per heavy atom. The monoisotopic (exact) mass is 275 g/mol. The van der Waals surface area contributed by atoms with Gasteiger partial charge in [-0.15, -0.1) is 11.3 Å². The standard InChI is InChI=1S/C15H21N3S/c1-11(2)9-16-15-17-14(10-19-15)12-5-7-13(8-6-12)18(3)4/h5-8,10-11H,9H2,1-4H3,(H,16,17). The molecule has 0 bridgehead atoms. The van der Waals surface area contributed by atoms with E-state index in [2.05, 4.69) is 58.7 Å². The number of hydrogen-bond acceptors (Lipinski definition) is 4. The molecule has 19 heavy (non-hydrogen) atoms. The lowest BCUT2D eigenvalue weighted by Crippen LogP contribution is -2.08. The fourth-order valence-corrected chi connectivity index (χ4v) is 2.44. The molecule has 1 aromatic carbocycles. The molecule has 2 aromatic rings. The van der Waals surface area contributed by atoms with E-state index in [1.165, 1.54) is 11.3 Å². The largest absolute Gasteiger partial charge is 0.378 e. The molecule has 1 N–H and O–H groups in total. The van der Waals surface area contributed by atoms with Crippen molar-refractivity contribution >= 4 is 22.2 Å². The van der Waals surface area contributed by atoms with Crippen LogP contribution in [0.5, 0.6) is 0 Å². The number of rotatable bonds is 5. The van der Waals surface area contributed by atoms with Crippen LogP contribution >= 0.6 is 11.3 Å².